The number of esters is 1. The van der Waals surface area contributed by atoms with Gasteiger partial charge in [0, 0.05) is 12.0 Å². The van der Waals surface area contributed by atoms with E-state index in [1.807, 2.05) is 0 Å². The average molecular weight is 274 g/mol. The molecule has 3 nitrogen and oxygen atoms in total. The first-order chi connectivity index (χ1) is 8.05. The lowest BCUT2D eigenvalue weighted by Crippen LogP contribution is -2.57. The molecule has 2 atom stereocenters. The van der Waals surface area contributed by atoms with Crippen LogP contribution >= 0.6 is 0 Å². The summed E-state index contributed by atoms with van der Waals surface area (Å²) >= 11 is 0. The third-order valence-corrected chi connectivity index (χ3v) is 2.36. The van der Waals surface area contributed by atoms with Gasteiger partial charge >= 0.3 is 18.1 Å². The maximum Gasteiger partial charge on any atom is 0.456 e. The number of halogens is 5. The van der Waals surface area contributed by atoms with Crippen LogP contribution in [0.1, 0.15) is 13.3 Å². The molecule has 1 saturated heterocycles. The lowest BCUT2D eigenvalue weighted by atomic mass is 9.99. The van der Waals surface area contributed by atoms with Gasteiger partial charge in [-0.2, -0.15) is 22.0 Å². The van der Waals surface area contributed by atoms with E-state index in [2.05, 4.69) is 16.1 Å². The van der Waals surface area contributed by atoms with E-state index >= 15 is 0 Å². The number of hydrogen-bond acceptors (Lipinski definition) is 3. The van der Waals surface area contributed by atoms with Gasteiger partial charge in [0.1, 0.15) is 12.7 Å². The van der Waals surface area contributed by atoms with E-state index in [1.54, 1.807) is 0 Å². The van der Waals surface area contributed by atoms with Crippen molar-refractivity contribution < 1.29 is 36.2 Å². The summed E-state index contributed by atoms with van der Waals surface area (Å²) in [7, 11) is 0. The number of carbonyl (C=O) groups excluding carboxylic acids is 1. The van der Waals surface area contributed by atoms with E-state index in [4.69, 9.17) is 0 Å². The van der Waals surface area contributed by atoms with Gasteiger partial charge in [-0.25, -0.2) is 4.79 Å². The van der Waals surface area contributed by atoms with E-state index in [0.717, 1.165) is 0 Å². The van der Waals surface area contributed by atoms with Gasteiger partial charge in [-0.15, -0.1) is 0 Å². The Hall–Kier alpha value is -1.18. The summed E-state index contributed by atoms with van der Waals surface area (Å²) in [5, 5.41) is 0. The molecule has 0 radical (unpaired) electrons. The van der Waals surface area contributed by atoms with E-state index < -0.39 is 36.7 Å². The first-order valence-electron chi connectivity index (χ1n) is 4.98. The van der Waals surface area contributed by atoms with Gasteiger partial charge in [-0.1, -0.05) is 6.58 Å². The molecule has 0 saturated carbocycles. The molecule has 1 heterocycles. The molecule has 0 aliphatic carbocycles. The van der Waals surface area contributed by atoms with Crippen LogP contribution in [0.4, 0.5) is 22.0 Å². The maximum atomic E-state index is 12.7. The smallest absolute Gasteiger partial charge is 0.456 e. The van der Waals surface area contributed by atoms with Crippen LogP contribution in [0.25, 0.3) is 0 Å². The molecule has 1 aliphatic heterocycles. The van der Waals surface area contributed by atoms with Gasteiger partial charge in [0.2, 0.25) is 0 Å². The van der Waals surface area contributed by atoms with Crippen molar-refractivity contribution in [2.24, 2.45) is 0 Å². The zero-order valence-electron chi connectivity index (χ0n) is 9.39. The fourth-order valence-electron chi connectivity index (χ4n) is 1.28. The Bertz CT molecular complexity index is 344. The molecule has 1 rings (SSSR count). The van der Waals surface area contributed by atoms with Crippen LogP contribution < -0.4 is 0 Å². The number of alkyl halides is 5. The van der Waals surface area contributed by atoms with Gasteiger partial charge in [0.15, 0.2) is 0 Å². The van der Waals surface area contributed by atoms with E-state index in [9.17, 15) is 26.7 Å². The molecule has 0 amide bonds. The summed E-state index contributed by atoms with van der Waals surface area (Å²) < 4.78 is 70.1. The Morgan fingerprint density at radius 3 is 2.28 bits per heavy atom. The van der Waals surface area contributed by atoms with Crippen LogP contribution in [0.3, 0.4) is 0 Å². The van der Waals surface area contributed by atoms with Gasteiger partial charge < -0.3 is 9.47 Å². The van der Waals surface area contributed by atoms with Crippen molar-refractivity contribution in [3.05, 3.63) is 12.2 Å². The quantitative estimate of drug-likeness (QED) is 0.449. The number of carbonyl (C=O) groups is 1. The summed E-state index contributed by atoms with van der Waals surface area (Å²) in [5.41, 5.74) is 0.103. The monoisotopic (exact) mass is 274 g/mol. The summed E-state index contributed by atoms with van der Waals surface area (Å²) in [6, 6.07) is 0. The molecule has 0 bridgehead atoms. The average Bonchev–Trinajstić information content (AvgIpc) is 2.12. The molecule has 0 aromatic heterocycles. The first-order valence-corrected chi connectivity index (χ1v) is 4.98. The molecule has 8 heteroatoms. The molecule has 1 fully saturated rings. The van der Waals surface area contributed by atoms with E-state index in [-0.39, 0.29) is 12.2 Å². The first kappa shape index (κ1) is 14.9. The van der Waals surface area contributed by atoms with Crippen LogP contribution in [-0.2, 0) is 14.3 Å². The van der Waals surface area contributed by atoms with Crippen molar-refractivity contribution in [3.8, 4) is 0 Å². The summed E-state index contributed by atoms with van der Waals surface area (Å²) in [6.45, 7) is 4.29. The molecule has 18 heavy (non-hydrogen) atoms. The molecule has 104 valence electrons. The van der Waals surface area contributed by atoms with E-state index in [1.165, 1.54) is 6.92 Å². The second kappa shape index (κ2) is 4.83. The molecule has 0 N–H and O–H groups in total. The fourth-order valence-corrected chi connectivity index (χ4v) is 1.28. The number of hydrogen-bond donors (Lipinski definition) is 0. The molecule has 1 aliphatic rings. The zero-order chi connectivity index (χ0) is 14.1. The third-order valence-electron chi connectivity index (χ3n) is 2.36. The minimum atomic E-state index is -5.64. The highest BCUT2D eigenvalue weighted by atomic mass is 19.4. The maximum absolute atomic E-state index is 12.7. The summed E-state index contributed by atoms with van der Waals surface area (Å²) in [6.07, 6.45) is -9.31. The number of ether oxygens (including phenoxy) is 2. The highest BCUT2D eigenvalue weighted by molar-refractivity contribution is 5.86. The predicted octanol–water partition coefficient (Wildman–Crippen LogP) is 2.46. The highest BCUT2D eigenvalue weighted by Gasteiger charge is 2.66. The van der Waals surface area contributed by atoms with Crippen LogP contribution in [-0.4, -0.2) is 36.9 Å². The Kier molecular flexibility index (Phi) is 3.99. The minimum Gasteiger partial charge on any atom is -0.460 e. The van der Waals surface area contributed by atoms with Crippen LogP contribution in [0.15, 0.2) is 12.2 Å². The number of rotatable bonds is 4. The normalized spacial score (nSPS) is 24.3. The Labute approximate surface area is 99.5 Å². The second-order valence-corrected chi connectivity index (χ2v) is 3.98. The fraction of sp³-hybridized carbons (Fsp3) is 0.700. The van der Waals surface area contributed by atoms with Crippen molar-refractivity contribution in [2.75, 3.05) is 6.61 Å². The van der Waals surface area contributed by atoms with Crippen LogP contribution in [0.5, 0.6) is 0 Å². The molecular formula is C10H11F5O3. The van der Waals surface area contributed by atoms with Gasteiger partial charge in [-0.3, -0.25) is 0 Å². The standard InChI is InChI=1S/C10H11F5O3/c1-5(2)8(16)17-4-6-3-7(18-6)9(11,12)10(13,14)15/h6-7H,1,3-4H2,2H3. The Morgan fingerprint density at radius 1 is 1.39 bits per heavy atom. The topological polar surface area (TPSA) is 35.5 Å². The summed E-state index contributed by atoms with van der Waals surface area (Å²) in [5.74, 6) is -5.63. The van der Waals surface area contributed by atoms with E-state index in [0.29, 0.717) is 0 Å². The highest BCUT2D eigenvalue weighted by Crippen LogP contribution is 2.44. The third kappa shape index (κ3) is 2.98. The van der Waals surface area contributed by atoms with Gasteiger partial charge in [0.25, 0.3) is 0 Å². The van der Waals surface area contributed by atoms with Crippen molar-refractivity contribution in [1.29, 1.82) is 0 Å². The largest absolute Gasteiger partial charge is 0.460 e. The van der Waals surface area contributed by atoms with Gasteiger partial charge in [-0.05, 0) is 6.92 Å². The lowest BCUT2D eigenvalue weighted by Gasteiger charge is -2.40. The van der Waals surface area contributed by atoms with Crippen molar-refractivity contribution in [1.82, 2.24) is 0 Å². The van der Waals surface area contributed by atoms with Crippen LogP contribution in [0.2, 0.25) is 0 Å². The molecular weight excluding hydrogens is 263 g/mol. The van der Waals surface area contributed by atoms with Crippen molar-refractivity contribution in [2.45, 2.75) is 37.7 Å². The van der Waals surface area contributed by atoms with Crippen molar-refractivity contribution in [3.63, 3.8) is 0 Å². The van der Waals surface area contributed by atoms with Gasteiger partial charge in [0.05, 0.1) is 6.10 Å². The lowest BCUT2D eigenvalue weighted by molar-refractivity contribution is -0.351. The molecule has 0 aromatic carbocycles. The summed E-state index contributed by atoms with van der Waals surface area (Å²) in [4.78, 5) is 10.9. The predicted molar refractivity (Wildman–Crippen MR) is 50.1 cm³/mol. The Morgan fingerprint density at radius 2 is 1.89 bits per heavy atom. The Balaban J connectivity index is 2.37. The molecule has 0 spiro atoms. The molecule has 2 unspecified atom stereocenters. The minimum absolute atomic E-state index is 0.103. The second-order valence-electron chi connectivity index (χ2n) is 3.98. The SMILES string of the molecule is C=C(C)C(=O)OCC1CC(C(F)(F)C(F)(F)F)O1. The molecule has 0 aromatic rings. The zero-order valence-corrected chi connectivity index (χ0v) is 9.39. The van der Waals surface area contributed by atoms with Crippen LogP contribution in [0, 0.1) is 0 Å². The van der Waals surface area contributed by atoms with Crippen molar-refractivity contribution >= 4 is 5.97 Å².